The van der Waals surface area contributed by atoms with Crippen molar-refractivity contribution >= 4 is 23.2 Å². The van der Waals surface area contributed by atoms with Crippen molar-refractivity contribution in [2.75, 3.05) is 45.2 Å². The minimum Gasteiger partial charge on any atom is -0.367 e. The van der Waals surface area contributed by atoms with Crippen LogP contribution >= 0.6 is 11.6 Å². The van der Waals surface area contributed by atoms with Gasteiger partial charge >= 0.3 is 0 Å². The van der Waals surface area contributed by atoms with Gasteiger partial charge in [0, 0.05) is 38.1 Å². The molecule has 0 spiro atoms. The highest BCUT2D eigenvalue weighted by atomic mass is 35.5. The number of amides is 1. The molecular formula is C17H24ClN3O. The van der Waals surface area contributed by atoms with Gasteiger partial charge in [0.05, 0.1) is 10.7 Å². The van der Waals surface area contributed by atoms with Crippen LogP contribution in [0.3, 0.4) is 0 Å². The van der Waals surface area contributed by atoms with Crippen LogP contribution in [0.1, 0.15) is 12.8 Å². The molecule has 0 N–H and O–H groups in total. The molecule has 1 heterocycles. The quantitative estimate of drug-likeness (QED) is 0.855. The summed E-state index contributed by atoms with van der Waals surface area (Å²) in [5.74, 6) is 0.580. The van der Waals surface area contributed by atoms with E-state index in [1.54, 1.807) is 0 Å². The molecule has 1 aromatic rings. The van der Waals surface area contributed by atoms with Gasteiger partial charge in [-0.2, -0.15) is 0 Å². The molecule has 1 amide bonds. The molecule has 2 fully saturated rings. The first-order valence-corrected chi connectivity index (χ1v) is 8.38. The first-order chi connectivity index (χ1) is 10.6. The third kappa shape index (κ3) is 3.08. The number of halogens is 1. The number of nitrogens with zero attached hydrogens (tertiary/aromatic N) is 3. The fourth-order valence-corrected chi connectivity index (χ4v) is 3.60. The van der Waals surface area contributed by atoms with E-state index in [0.29, 0.717) is 11.9 Å². The van der Waals surface area contributed by atoms with E-state index in [9.17, 15) is 4.79 Å². The Morgan fingerprint density at radius 3 is 2.36 bits per heavy atom. The molecule has 1 aliphatic carbocycles. The number of para-hydroxylation sites is 1. The fourth-order valence-electron chi connectivity index (χ4n) is 3.35. The molecular weight excluding hydrogens is 298 g/mol. The van der Waals surface area contributed by atoms with E-state index in [4.69, 9.17) is 11.6 Å². The van der Waals surface area contributed by atoms with Crippen molar-refractivity contribution < 1.29 is 4.79 Å². The zero-order chi connectivity index (χ0) is 15.7. The van der Waals surface area contributed by atoms with Crippen molar-refractivity contribution in [2.24, 2.45) is 5.92 Å². The molecule has 1 aromatic carbocycles. The third-order valence-corrected chi connectivity index (χ3v) is 5.30. The van der Waals surface area contributed by atoms with Gasteiger partial charge < -0.3 is 14.7 Å². The fraction of sp³-hybridized carbons (Fsp3) is 0.588. The van der Waals surface area contributed by atoms with Crippen molar-refractivity contribution in [3.05, 3.63) is 29.3 Å². The minimum atomic E-state index is 0.235. The molecule has 0 aromatic heterocycles. The first-order valence-electron chi connectivity index (χ1n) is 8.01. The summed E-state index contributed by atoms with van der Waals surface area (Å²) in [6, 6.07) is 8.51. The maximum absolute atomic E-state index is 12.5. The molecule has 1 saturated carbocycles. The van der Waals surface area contributed by atoms with E-state index in [1.807, 2.05) is 29.2 Å². The third-order valence-electron chi connectivity index (χ3n) is 4.98. The Labute approximate surface area is 137 Å². The van der Waals surface area contributed by atoms with Gasteiger partial charge in [-0.3, -0.25) is 4.79 Å². The number of benzene rings is 1. The number of carbonyl (C=O) groups is 1. The van der Waals surface area contributed by atoms with Crippen LogP contribution in [0, 0.1) is 5.92 Å². The second kappa shape index (κ2) is 6.47. The van der Waals surface area contributed by atoms with E-state index in [1.165, 1.54) is 0 Å². The van der Waals surface area contributed by atoms with Crippen LogP contribution in [-0.2, 0) is 4.79 Å². The molecule has 1 saturated heterocycles. The van der Waals surface area contributed by atoms with Gasteiger partial charge in [-0.05, 0) is 39.1 Å². The molecule has 2 aliphatic rings. The van der Waals surface area contributed by atoms with Crippen molar-refractivity contribution in [3.63, 3.8) is 0 Å². The first kappa shape index (κ1) is 15.6. The van der Waals surface area contributed by atoms with Crippen molar-refractivity contribution in [3.8, 4) is 0 Å². The van der Waals surface area contributed by atoms with Crippen LogP contribution in [0.4, 0.5) is 5.69 Å². The highest BCUT2D eigenvalue weighted by Crippen LogP contribution is 2.33. The van der Waals surface area contributed by atoms with Crippen LogP contribution in [-0.4, -0.2) is 62.0 Å². The predicted octanol–water partition coefficient (Wildman–Crippen LogP) is 2.33. The summed E-state index contributed by atoms with van der Waals surface area (Å²) in [5, 5.41) is 0.787. The second-order valence-corrected chi connectivity index (χ2v) is 6.96. The number of hydrogen-bond donors (Lipinski definition) is 0. The summed E-state index contributed by atoms with van der Waals surface area (Å²) in [7, 11) is 4.18. The lowest BCUT2D eigenvalue weighted by atomic mass is 9.78. The molecule has 0 atom stereocenters. The minimum absolute atomic E-state index is 0.235. The average molecular weight is 322 g/mol. The monoisotopic (exact) mass is 321 g/mol. The number of piperazine rings is 1. The summed E-state index contributed by atoms with van der Waals surface area (Å²) in [4.78, 5) is 19.0. The molecule has 5 heteroatoms. The van der Waals surface area contributed by atoms with Crippen LogP contribution in [0.15, 0.2) is 24.3 Å². The van der Waals surface area contributed by atoms with Crippen LogP contribution < -0.4 is 4.90 Å². The van der Waals surface area contributed by atoms with E-state index < -0.39 is 0 Å². The smallest absolute Gasteiger partial charge is 0.225 e. The van der Waals surface area contributed by atoms with Crippen molar-refractivity contribution in [1.82, 2.24) is 9.80 Å². The zero-order valence-electron chi connectivity index (χ0n) is 13.3. The Bertz CT molecular complexity index is 534. The van der Waals surface area contributed by atoms with Crippen LogP contribution in [0.5, 0.6) is 0 Å². The van der Waals surface area contributed by atoms with Gasteiger partial charge in [0.1, 0.15) is 0 Å². The number of rotatable bonds is 3. The summed E-state index contributed by atoms with van der Waals surface area (Å²) in [6.07, 6.45) is 2.02. The van der Waals surface area contributed by atoms with E-state index in [0.717, 1.165) is 49.7 Å². The van der Waals surface area contributed by atoms with E-state index in [-0.39, 0.29) is 5.92 Å². The van der Waals surface area contributed by atoms with Gasteiger partial charge in [0.2, 0.25) is 5.91 Å². The van der Waals surface area contributed by atoms with Gasteiger partial charge in [0.25, 0.3) is 0 Å². The summed E-state index contributed by atoms with van der Waals surface area (Å²) in [6.45, 7) is 3.32. The normalized spacial score (nSPS) is 25.3. The van der Waals surface area contributed by atoms with Crippen LogP contribution in [0.25, 0.3) is 0 Å². The molecule has 0 bridgehead atoms. The lowest BCUT2D eigenvalue weighted by molar-refractivity contribution is -0.140. The Hall–Kier alpha value is -1.26. The topological polar surface area (TPSA) is 26.8 Å². The SMILES string of the molecule is CN(C)C1CC(C(=O)N2CCN(c3ccccc3Cl)CC2)C1. The Morgan fingerprint density at radius 2 is 1.77 bits per heavy atom. The molecule has 22 heavy (non-hydrogen) atoms. The summed E-state index contributed by atoms with van der Waals surface area (Å²) < 4.78 is 0. The summed E-state index contributed by atoms with van der Waals surface area (Å²) in [5.41, 5.74) is 1.08. The zero-order valence-corrected chi connectivity index (χ0v) is 14.1. The largest absolute Gasteiger partial charge is 0.367 e. The number of anilines is 1. The molecule has 1 aliphatic heterocycles. The van der Waals surface area contributed by atoms with Crippen LogP contribution in [0.2, 0.25) is 5.02 Å². The van der Waals surface area contributed by atoms with Gasteiger partial charge in [0.15, 0.2) is 0 Å². The second-order valence-electron chi connectivity index (χ2n) is 6.55. The lowest BCUT2D eigenvalue weighted by Crippen LogP contribution is -2.54. The molecule has 3 rings (SSSR count). The lowest BCUT2D eigenvalue weighted by Gasteiger charge is -2.43. The van der Waals surface area contributed by atoms with Crippen molar-refractivity contribution in [2.45, 2.75) is 18.9 Å². The maximum Gasteiger partial charge on any atom is 0.225 e. The standard InChI is InChI=1S/C17H24ClN3O/c1-19(2)14-11-13(12-14)17(22)21-9-7-20(8-10-21)16-6-4-3-5-15(16)18/h3-6,13-14H,7-12H2,1-2H3. The molecule has 0 unspecified atom stereocenters. The molecule has 120 valence electrons. The van der Waals surface area contributed by atoms with Gasteiger partial charge in [-0.25, -0.2) is 0 Å². The van der Waals surface area contributed by atoms with Gasteiger partial charge in [-0.1, -0.05) is 23.7 Å². The van der Waals surface area contributed by atoms with Gasteiger partial charge in [-0.15, -0.1) is 0 Å². The highest BCUT2D eigenvalue weighted by molar-refractivity contribution is 6.33. The Morgan fingerprint density at radius 1 is 1.14 bits per heavy atom. The highest BCUT2D eigenvalue weighted by Gasteiger charge is 2.38. The summed E-state index contributed by atoms with van der Waals surface area (Å²) >= 11 is 6.26. The van der Waals surface area contributed by atoms with E-state index in [2.05, 4.69) is 23.9 Å². The van der Waals surface area contributed by atoms with Crippen molar-refractivity contribution in [1.29, 1.82) is 0 Å². The molecule has 0 radical (unpaired) electrons. The van der Waals surface area contributed by atoms with E-state index >= 15 is 0 Å². The predicted molar refractivity (Wildman–Crippen MR) is 90.4 cm³/mol. The maximum atomic E-state index is 12.5. The average Bonchev–Trinajstić information content (AvgIpc) is 2.46. The Balaban J connectivity index is 1.52. The molecule has 4 nitrogen and oxygen atoms in total. The Kier molecular flexibility index (Phi) is 4.59. The number of hydrogen-bond acceptors (Lipinski definition) is 3. The number of carbonyl (C=O) groups excluding carboxylic acids is 1.